The highest BCUT2D eigenvalue weighted by Gasteiger charge is 2.19. The number of hydrogen-bond acceptors (Lipinski definition) is 3. The van der Waals surface area contributed by atoms with E-state index in [0.717, 1.165) is 27.3 Å². The highest BCUT2D eigenvalue weighted by molar-refractivity contribution is 7.99. The van der Waals surface area contributed by atoms with Crippen LogP contribution >= 0.6 is 11.8 Å². The monoisotopic (exact) mass is 377 g/mol. The molecule has 5 heteroatoms. The fourth-order valence-corrected chi connectivity index (χ4v) is 4.07. The van der Waals surface area contributed by atoms with Crippen LogP contribution in [0.3, 0.4) is 0 Å². The normalized spacial score (nSPS) is 13.0. The molecule has 1 unspecified atom stereocenters. The van der Waals surface area contributed by atoms with Crippen molar-refractivity contribution in [1.29, 1.82) is 0 Å². The van der Waals surface area contributed by atoms with E-state index in [1.54, 1.807) is 11.8 Å². The van der Waals surface area contributed by atoms with E-state index in [1.165, 1.54) is 5.56 Å². The summed E-state index contributed by atoms with van der Waals surface area (Å²) >= 11 is 1.64. The lowest BCUT2D eigenvalue weighted by Gasteiger charge is -2.19. The minimum absolute atomic E-state index is 0.0256. The van der Waals surface area contributed by atoms with E-state index < -0.39 is 11.0 Å². The van der Waals surface area contributed by atoms with E-state index in [2.05, 4.69) is 29.8 Å². The number of aryl methyl sites for hydroxylation is 1. The van der Waals surface area contributed by atoms with Gasteiger partial charge in [0.15, 0.2) is 0 Å². The predicted molar refractivity (Wildman–Crippen MR) is 107 cm³/mol. The second kappa shape index (κ2) is 8.99. The first-order chi connectivity index (χ1) is 11.8. The molecule has 0 saturated heterocycles. The number of aliphatic hydroxyl groups is 1. The number of rotatable bonds is 7. The number of benzene rings is 2. The van der Waals surface area contributed by atoms with Crippen molar-refractivity contribution >= 4 is 22.7 Å². The first kappa shape index (κ1) is 20.2. The fourth-order valence-electron chi connectivity index (χ4n) is 2.30. The standard InChI is InChI=1S/C20H27NO2S2/c1-5-15-10-11-19(24-18-9-7-6-8-16(18)14-22)17(12-15)13-21-25(23)20(2,3)4/h6-12,21-22H,5,13-14H2,1-4H3. The van der Waals surface area contributed by atoms with Gasteiger partial charge in [-0.3, -0.25) is 0 Å². The lowest BCUT2D eigenvalue weighted by atomic mass is 10.1. The second-order valence-electron chi connectivity index (χ2n) is 6.87. The van der Waals surface area contributed by atoms with Gasteiger partial charge in [-0.05, 0) is 56.0 Å². The highest BCUT2D eigenvalue weighted by Crippen LogP contribution is 2.33. The summed E-state index contributed by atoms with van der Waals surface area (Å²) < 4.78 is 15.2. The molecule has 0 fully saturated rings. The van der Waals surface area contributed by atoms with Crippen LogP contribution in [0.4, 0.5) is 0 Å². The van der Waals surface area contributed by atoms with Crippen molar-refractivity contribution in [3.63, 3.8) is 0 Å². The molecule has 3 nitrogen and oxygen atoms in total. The van der Waals surface area contributed by atoms with Crippen LogP contribution in [-0.2, 0) is 30.6 Å². The summed E-state index contributed by atoms with van der Waals surface area (Å²) in [5.74, 6) is 0. The SMILES string of the molecule is CCc1ccc(Sc2ccccc2CO)c(CNS(=O)C(C)(C)C)c1. The zero-order chi connectivity index (χ0) is 18.4. The third kappa shape index (κ3) is 5.68. The molecular formula is C20H27NO2S2. The van der Waals surface area contributed by atoms with Crippen molar-refractivity contribution in [1.82, 2.24) is 4.72 Å². The van der Waals surface area contributed by atoms with Gasteiger partial charge in [0.2, 0.25) is 0 Å². The molecule has 0 aliphatic heterocycles. The van der Waals surface area contributed by atoms with Crippen LogP contribution in [0.15, 0.2) is 52.3 Å². The van der Waals surface area contributed by atoms with Crippen LogP contribution < -0.4 is 4.72 Å². The fraction of sp³-hybridized carbons (Fsp3) is 0.400. The Bertz CT molecular complexity index is 739. The van der Waals surface area contributed by atoms with E-state index in [4.69, 9.17) is 0 Å². The molecule has 2 aromatic carbocycles. The molecule has 0 aliphatic carbocycles. The van der Waals surface area contributed by atoms with Crippen LogP contribution in [0.5, 0.6) is 0 Å². The molecule has 0 bridgehead atoms. The van der Waals surface area contributed by atoms with Gasteiger partial charge in [0, 0.05) is 16.3 Å². The average Bonchev–Trinajstić information content (AvgIpc) is 2.60. The molecule has 0 aliphatic rings. The van der Waals surface area contributed by atoms with Crippen LogP contribution in [0.2, 0.25) is 0 Å². The van der Waals surface area contributed by atoms with Crippen LogP contribution in [-0.4, -0.2) is 14.1 Å². The van der Waals surface area contributed by atoms with Crippen molar-refractivity contribution < 1.29 is 9.32 Å². The van der Waals surface area contributed by atoms with Crippen molar-refractivity contribution in [2.24, 2.45) is 0 Å². The van der Waals surface area contributed by atoms with E-state index >= 15 is 0 Å². The van der Waals surface area contributed by atoms with Gasteiger partial charge >= 0.3 is 0 Å². The number of nitrogens with one attached hydrogen (secondary N) is 1. The minimum atomic E-state index is -1.11. The maximum absolute atomic E-state index is 12.3. The molecule has 0 spiro atoms. The molecule has 0 heterocycles. The van der Waals surface area contributed by atoms with E-state index in [9.17, 15) is 9.32 Å². The Morgan fingerprint density at radius 2 is 1.76 bits per heavy atom. The molecule has 0 aromatic heterocycles. The molecular weight excluding hydrogens is 350 g/mol. The van der Waals surface area contributed by atoms with Crippen molar-refractivity contribution in [2.75, 3.05) is 0 Å². The molecule has 136 valence electrons. The third-order valence-corrected chi connectivity index (χ3v) is 6.60. The molecule has 25 heavy (non-hydrogen) atoms. The van der Waals surface area contributed by atoms with Crippen LogP contribution in [0.25, 0.3) is 0 Å². The van der Waals surface area contributed by atoms with Gasteiger partial charge in [0.25, 0.3) is 0 Å². The Labute approximate surface area is 157 Å². The lowest BCUT2D eigenvalue weighted by Crippen LogP contribution is -2.33. The van der Waals surface area contributed by atoms with Gasteiger partial charge in [0.1, 0.15) is 0 Å². The summed E-state index contributed by atoms with van der Waals surface area (Å²) in [5.41, 5.74) is 3.32. The van der Waals surface area contributed by atoms with Gasteiger partial charge in [-0.2, -0.15) is 0 Å². The molecule has 0 radical (unpaired) electrons. The van der Waals surface area contributed by atoms with Gasteiger partial charge in [-0.1, -0.05) is 49.0 Å². The quantitative estimate of drug-likeness (QED) is 0.750. The Balaban J connectivity index is 2.27. The lowest BCUT2D eigenvalue weighted by molar-refractivity contribution is 0.279. The number of hydrogen-bond donors (Lipinski definition) is 2. The van der Waals surface area contributed by atoms with Crippen molar-refractivity contribution in [2.45, 2.75) is 61.8 Å². The molecule has 2 rings (SSSR count). The second-order valence-corrected chi connectivity index (χ2v) is 10.0. The van der Waals surface area contributed by atoms with Gasteiger partial charge in [-0.15, -0.1) is 0 Å². The van der Waals surface area contributed by atoms with Gasteiger partial charge in [0.05, 0.1) is 22.3 Å². The van der Waals surface area contributed by atoms with Crippen LogP contribution in [0, 0.1) is 0 Å². The van der Waals surface area contributed by atoms with Crippen molar-refractivity contribution in [3.8, 4) is 0 Å². The smallest absolute Gasteiger partial charge is 0.0973 e. The predicted octanol–water partition coefficient (Wildman–Crippen LogP) is 4.44. The Morgan fingerprint density at radius 3 is 2.40 bits per heavy atom. The molecule has 2 N–H and O–H groups in total. The summed E-state index contributed by atoms with van der Waals surface area (Å²) in [5, 5.41) is 9.55. The molecule has 0 saturated carbocycles. The molecule has 0 amide bonds. The zero-order valence-electron chi connectivity index (χ0n) is 15.3. The Hall–Kier alpha value is -1.14. The summed E-state index contributed by atoms with van der Waals surface area (Å²) in [7, 11) is -1.11. The topological polar surface area (TPSA) is 49.3 Å². The largest absolute Gasteiger partial charge is 0.392 e. The first-order valence-corrected chi connectivity index (χ1v) is 10.5. The maximum atomic E-state index is 12.3. The highest BCUT2D eigenvalue weighted by atomic mass is 32.2. The summed E-state index contributed by atoms with van der Waals surface area (Å²) in [4.78, 5) is 2.17. The van der Waals surface area contributed by atoms with E-state index in [-0.39, 0.29) is 11.4 Å². The number of aliphatic hydroxyl groups excluding tert-OH is 1. The van der Waals surface area contributed by atoms with E-state index in [0.29, 0.717) is 6.54 Å². The van der Waals surface area contributed by atoms with Crippen molar-refractivity contribution in [3.05, 3.63) is 59.2 Å². The maximum Gasteiger partial charge on any atom is 0.0973 e. The summed E-state index contributed by atoms with van der Waals surface area (Å²) in [6, 6.07) is 14.3. The van der Waals surface area contributed by atoms with E-state index in [1.807, 2.05) is 45.0 Å². The average molecular weight is 378 g/mol. The third-order valence-electron chi connectivity index (χ3n) is 3.85. The Morgan fingerprint density at radius 1 is 1.08 bits per heavy atom. The zero-order valence-corrected chi connectivity index (χ0v) is 17.0. The minimum Gasteiger partial charge on any atom is -0.392 e. The van der Waals surface area contributed by atoms with Crippen LogP contribution in [0.1, 0.15) is 44.4 Å². The molecule has 1 atom stereocenters. The van der Waals surface area contributed by atoms with Gasteiger partial charge < -0.3 is 5.11 Å². The summed E-state index contributed by atoms with van der Waals surface area (Å²) in [6.45, 7) is 8.61. The van der Waals surface area contributed by atoms with Gasteiger partial charge in [-0.25, -0.2) is 8.93 Å². The molecule has 2 aromatic rings. The Kier molecular flexibility index (Phi) is 7.25. The first-order valence-electron chi connectivity index (χ1n) is 8.49. The summed E-state index contributed by atoms with van der Waals surface area (Å²) in [6.07, 6.45) is 0.966.